The van der Waals surface area contributed by atoms with Crippen molar-refractivity contribution in [1.82, 2.24) is 5.32 Å². The maximum absolute atomic E-state index is 12.2. The van der Waals surface area contributed by atoms with Gasteiger partial charge < -0.3 is 5.32 Å². The molecule has 5 heteroatoms. The Morgan fingerprint density at radius 2 is 1.90 bits per heavy atom. The van der Waals surface area contributed by atoms with E-state index in [4.69, 9.17) is 0 Å². The number of rotatable bonds is 6. The van der Waals surface area contributed by atoms with Crippen LogP contribution >= 0.6 is 11.3 Å². The molecule has 0 radical (unpaired) electrons. The molecule has 1 aromatic heterocycles. The van der Waals surface area contributed by atoms with Crippen LogP contribution in [0.15, 0.2) is 46.7 Å². The SMILES string of the molecule is Cc1ccc(S(=O)(=O)CCNC(C)c2cccs2)cc1. The summed E-state index contributed by atoms with van der Waals surface area (Å²) >= 11 is 1.67. The topological polar surface area (TPSA) is 46.2 Å². The summed E-state index contributed by atoms with van der Waals surface area (Å²) in [4.78, 5) is 1.62. The molecule has 0 amide bonds. The summed E-state index contributed by atoms with van der Waals surface area (Å²) in [7, 11) is -3.20. The van der Waals surface area contributed by atoms with Gasteiger partial charge in [-0.05, 0) is 37.4 Å². The molecule has 108 valence electrons. The molecular formula is C15H19NO2S2. The van der Waals surface area contributed by atoms with Crippen molar-refractivity contribution in [2.45, 2.75) is 24.8 Å². The van der Waals surface area contributed by atoms with E-state index in [-0.39, 0.29) is 11.8 Å². The molecule has 0 aliphatic rings. The second kappa shape index (κ2) is 6.52. The first-order valence-corrected chi connectivity index (χ1v) is 9.08. The molecule has 0 saturated carbocycles. The Morgan fingerprint density at radius 1 is 1.20 bits per heavy atom. The summed E-state index contributed by atoms with van der Waals surface area (Å²) in [6.45, 7) is 4.44. The first-order valence-electron chi connectivity index (χ1n) is 6.55. The molecular weight excluding hydrogens is 290 g/mol. The highest BCUT2D eigenvalue weighted by Gasteiger charge is 2.14. The molecule has 1 N–H and O–H groups in total. The van der Waals surface area contributed by atoms with Crippen molar-refractivity contribution in [2.75, 3.05) is 12.3 Å². The number of sulfone groups is 1. The zero-order chi connectivity index (χ0) is 14.6. The molecule has 0 bridgehead atoms. The second-order valence-corrected chi connectivity index (χ2v) is 7.91. The van der Waals surface area contributed by atoms with Gasteiger partial charge in [0.25, 0.3) is 0 Å². The molecule has 0 aliphatic carbocycles. The largest absolute Gasteiger partial charge is 0.308 e. The van der Waals surface area contributed by atoms with Crippen LogP contribution in [0.2, 0.25) is 0 Å². The molecule has 0 spiro atoms. The first-order chi connectivity index (χ1) is 9.49. The van der Waals surface area contributed by atoms with Crippen molar-refractivity contribution in [3.8, 4) is 0 Å². The van der Waals surface area contributed by atoms with Gasteiger partial charge in [0.1, 0.15) is 0 Å². The molecule has 1 unspecified atom stereocenters. The third-order valence-corrected chi connectivity index (χ3v) is 5.96. The molecule has 0 aliphatic heterocycles. The van der Waals surface area contributed by atoms with E-state index < -0.39 is 9.84 Å². The van der Waals surface area contributed by atoms with Crippen LogP contribution in [-0.2, 0) is 9.84 Å². The first kappa shape index (κ1) is 15.2. The van der Waals surface area contributed by atoms with Crippen molar-refractivity contribution in [3.63, 3.8) is 0 Å². The van der Waals surface area contributed by atoms with Crippen molar-refractivity contribution in [2.24, 2.45) is 0 Å². The monoisotopic (exact) mass is 309 g/mol. The molecule has 1 aromatic carbocycles. The van der Waals surface area contributed by atoms with Crippen LogP contribution in [0.4, 0.5) is 0 Å². The summed E-state index contributed by atoms with van der Waals surface area (Å²) in [6.07, 6.45) is 0. The van der Waals surface area contributed by atoms with E-state index in [1.807, 2.05) is 37.4 Å². The van der Waals surface area contributed by atoms with Crippen LogP contribution in [-0.4, -0.2) is 20.7 Å². The second-order valence-electron chi connectivity index (χ2n) is 4.82. The molecule has 2 rings (SSSR count). The van der Waals surface area contributed by atoms with E-state index in [0.717, 1.165) is 5.56 Å². The minimum absolute atomic E-state index is 0.117. The van der Waals surface area contributed by atoms with E-state index in [2.05, 4.69) is 11.4 Å². The van der Waals surface area contributed by atoms with Crippen LogP contribution in [0.3, 0.4) is 0 Å². The normalized spacial score (nSPS) is 13.3. The Balaban J connectivity index is 1.91. The van der Waals surface area contributed by atoms with E-state index in [1.165, 1.54) is 4.88 Å². The third-order valence-electron chi connectivity index (χ3n) is 3.17. The Morgan fingerprint density at radius 3 is 2.50 bits per heavy atom. The van der Waals surface area contributed by atoms with E-state index in [0.29, 0.717) is 11.4 Å². The summed E-state index contributed by atoms with van der Waals surface area (Å²) in [5, 5.41) is 5.28. The van der Waals surface area contributed by atoms with Gasteiger partial charge in [0.05, 0.1) is 10.6 Å². The van der Waals surface area contributed by atoms with Gasteiger partial charge in [-0.1, -0.05) is 23.8 Å². The number of nitrogens with one attached hydrogen (secondary N) is 1. The molecule has 1 heterocycles. The number of benzene rings is 1. The van der Waals surface area contributed by atoms with Gasteiger partial charge in [-0.25, -0.2) is 8.42 Å². The summed E-state index contributed by atoms with van der Waals surface area (Å²) in [5.74, 6) is 0.117. The van der Waals surface area contributed by atoms with Crippen molar-refractivity contribution in [1.29, 1.82) is 0 Å². The average Bonchev–Trinajstić information content (AvgIpc) is 2.93. The molecule has 2 aromatic rings. The minimum atomic E-state index is -3.20. The lowest BCUT2D eigenvalue weighted by molar-refractivity contribution is 0.575. The van der Waals surface area contributed by atoms with Gasteiger partial charge in [0.2, 0.25) is 0 Å². The third kappa shape index (κ3) is 3.91. The van der Waals surface area contributed by atoms with Crippen LogP contribution in [0.1, 0.15) is 23.4 Å². The van der Waals surface area contributed by atoms with Gasteiger partial charge in [-0.2, -0.15) is 0 Å². The molecule has 3 nitrogen and oxygen atoms in total. The number of hydrogen-bond acceptors (Lipinski definition) is 4. The Kier molecular flexibility index (Phi) is 4.96. The Labute approximate surface area is 124 Å². The maximum Gasteiger partial charge on any atom is 0.179 e. The van der Waals surface area contributed by atoms with Crippen molar-refractivity contribution < 1.29 is 8.42 Å². The molecule has 20 heavy (non-hydrogen) atoms. The van der Waals surface area contributed by atoms with Gasteiger partial charge in [0, 0.05) is 17.5 Å². The van der Waals surface area contributed by atoms with Crippen LogP contribution in [0.5, 0.6) is 0 Å². The van der Waals surface area contributed by atoms with Gasteiger partial charge in [-0.3, -0.25) is 0 Å². The lowest BCUT2D eigenvalue weighted by atomic mass is 10.2. The zero-order valence-electron chi connectivity index (χ0n) is 11.7. The van der Waals surface area contributed by atoms with Crippen molar-refractivity contribution >= 4 is 21.2 Å². The summed E-state index contributed by atoms with van der Waals surface area (Å²) in [5.41, 5.74) is 1.06. The fourth-order valence-corrected chi connectivity index (χ4v) is 3.84. The highest BCUT2D eigenvalue weighted by Crippen LogP contribution is 2.18. The highest BCUT2D eigenvalue weighted by atomic mass is 32.2. The van der Waals surface area contributed by atoms with Gasteiger partial charge in [0.15, 0.2) is 9.84 Å². The van der Waals surface area contributed by atoms with Gasteiger partial charge in [-0.15, -0.1) is 11.3 Å². The predicted molar refractivity (Wildman–Crippen MR) is 84.0 cm³/mol. The highest BCUT2D eigenvalue weighted by molar-refractivity contribution is 7.91. The lowest BCUT2D eigenvalue weighted by Gasteiger charge is -2.12. The smallest absolute Gasteiger partial charge is 0.179 e. The molecule has 1 atom stereocenters. The predicted octanol–water partition coefficient (Wildman–Crippen LogP) is 3.18. The van der Waals surface area contributed by atoms with E-state index in [1.54, 1.807) is 23.5 Å². The fourth-order valence-electron chi connectivity index (χ4n) is 1.91. The molecule has 0 fully saturated rings. The van der Waals surface area contributed by atoms with Crippen LogP contribution in [0, 0.1) is 6.92 Å². The molecule has 0 saturated heterocycles. The van der Waals surface area contributed by atoms with Crippen molar-refractivity contribution in [3.05, 3.63) is 52.2 Å². The fraction of sp³-hybridized carbons (Fsp3) is 0.333. The number of hydrogen-bond donors (Lipinski definition) is 1. The van der Waals surface area contributed by atoms with E-state index >= 15 is 0 Å². The van der Waals surface area contributed by atoms with Crippen LogP contribution in [0.25, 0.3) is 0 Å². The van der Waals surface area contributed by atoms with E-state index in [9.17, 15) is 8.42 Å². The standard InChI is InChI=1S/C15H19NO2S2/c1-12-5-7-14(8-6-12)20(17,18)11-9-16-13(2)15-4-3-10-19-15/h3-8,10,13,16H,9,11H2,1-2H3. The maximum atomic E-state index is 12.2. The zero-order valence-corrected chi connectivity index (χ0v) is 13.3. The average molecular weight is 309 g/mol. The quantitative estimate of drug-likeness (QED) is 0.891. The summed E-state index contributed by atoms with van der Waals surface area (Å²) < 4.78 is 24.3. The Bertz CT molecular complexity index is 631. The number of aryl methyl sites for hydroxylation is 1. The van der Waals surface area contributed by atoms with Crippen LogP contribution < -0.4 is 5.32 Å². The minimum Gasteiger partial charge on any atom is -0.308 e. The number of thiophene rings is 1. The lowest BCUT2D eigenvalue weighted by Crippen LogP contribution is -2.25. The van der Waals surface area contributed by atoms with Gasteiger partial charge >= 0.3 is 0 Å². The summed E-state index contributed by atoms with van der Waals surface area (Å²) in [6, 6.07) is 11.2. The Hall–Kier alpha value is -1.17.